The highest BCUT2D eigenvalue weighted by molar-refractivity contribution is 9.10. The van der Waals surface area contributed by atoms with Gasteiger partial charge in [0.2, 0.25) is 0 Å². The van der Waals surface area contributed by atoms with Crippen molar-refractivity contribution >= 4 is 31.6 Å². The van der Waals surface area contributed by atoms with E-state index in [2.05, 4.69) is 20.7 Å². The van der Waals surface area contributed by atoms with Crippen LogP contribution in [0.4, 0.5) is 14.5 Å². The number of nitrogens with one attached hydrogen (secondary N) is 1. The smallest absolute Gasteiger partial charge is 0.264 e. The van der Waals surface area contributed by atoms with Crippen LogP contribution < -0.4 is 14.2 Å². The largest absolute Gasteiger partial charge is 0.486 e. The first-order chi connectivity index (χ1) is 10.9. The lowest BCUT2D eigenvalue weighted by molar-refractivity contribution is 0.171. The number of benzene rings is 2. The van der Waals surface area contributed by atoms with Crippen LogP contribution in [-0.4, -0.2) is 21.6 Å². The third-order valence-corrected chi connectivity index (χ3v) is 5.11. The van der Waals surface area contributed by atoms with Gasteiger partial charge in [-0.3, -0.25) is 4.72 Å². The number of hydrogen-bond donors (Lipinski definition) is 1. The second-order valence-electron chi connectivity index (χ2n) is 4.66. The molecular weight excluding hydrogens is 396 g/mol. The van der Waals surface area contributed by atoms with Crippen LogP contribution in [0.15, 0.2) is 39.7 Å². The molecule has 122 valence electrons. The number of halogens is 3. The van der Waals surface area contributed by atoms with Crippen molar-refractivity contribution in [2.24, 2.45) is 0 Å². The van der Waals surface area contributed by atoms with Gasteiger partial charge in [-0.15, -0.1) is 0 Å². The van der Waals surface area contributed by atoms with E-state index in [9.17, 15) is 17.2 Å². The molecule has 0 atom stereocenters. The van der Waals surface area contributed by atoms with E-state index in [4.69, 9.17) is 9.47 Å². The Morgan fingerprint density at radius 2 is 1.70 bits per heavy atom. The van der Waals surface area contributed by atoms with E-state index in [1.807, 2.05) is 0 Å². The SMILES string of the molecule is O=S(=O)(Nc1cc2c(cc1Br)OCCO2)c1ccc(F)cc1F. The Morgan fingerprint density at radius 3 is 2.35 bits per heavy atom. The summed E-state index contributed by atoms with van der Waals surface area (Å²) in [4.78, 5) is -0.652. The summed E-state index contributed by atoms with van der Waals surface area (Å²) in [5.74, 6) is -1.19. The lowest BCUT2D eigenvalue weighted by atomic mass is 10.2. The first-order valence-corrected chi connectivity index (χ1v) is 8.71. The zero-order chi connectivity index (χ0) is 16.6. The molecule has 1 N–H and O–H groups in total. The van der Waals surface area contributed by atoms with Crippen molar-refractivity contribution in [3.63, 3.8) is 0 Å². The van der Waals surface area contributed by atoms with Gasteiger partial charge in [0, 0.05) is 22.7 Å². The van der Waals surface area contributed by atoms with Crippen molar-refractivity contribution in [1.82, 2.24) is 0 Å². The Bertz CT molecular complexity index is 873. The monoisotopic (exact) mass is 405 g/mol. The molecule has 1 aliphatic heterocycles. The van der Waals surface area contributed by atoms with E-state index in [1.165, 1.54) is 6.07 Å². The average Bonchev–Trinajstić information content (AvgIpc) is 2.47. The molecule has 1 aliphatic rings. The Balaban J connectivity index is 1.97. The Labute approximate surface area is 139 Å². The molecule has 2 aromatic carbocycles. The molecule has 0 amide bonds. The second kappa shape index (κ2) is 5.97. The summed E-state index contributed by atoms with van der Waals surface area (Å²) in [5, 5.41) is 0. The topological polar surface area (TPSA) is 64.6 Å². The Kier molecular flexibility index (Phi) is 4.15. The molecule has 0 fully saturated rings. The van der Waals surface area contributed by atoms with Crippen LogP contribution in [0.2, 0.25) is 0 Å². The molecule has 0 aliphatic carbocycles. The molecule has 0 saturated heterocycles. The normalized spacial score (nSPS) is 13.7. The minimum Gasteiger partial charge on any atom is -0.486 e. The fourth-order valence-corrected chi connectivity index (χ4v) is 3.72. The molecule has 2 aromatic rings. The third-order valence-electron chi connectivity index (χ3n) is 3.06. The molecule has 0 unspecified atom stereocenters. The number of anilines is 1. The van der Waals surface area contributed by atoms with Crippen molar-refractivity contribution < 1.29 is 26.7 Å². The molecule has 0 saturated carbocycles. The molecule has 0 bridgehead atoms. The van der Waals surface area contributed by atoms with Gasteiger partial charge in [0.15, 0.2) is 11.5 Å². The van der Waals surface area contributed by atoms with Gasteiger partial charge in [-0.25, -0.2) is 17.2 Å². The van der Waals surface area contributed by atoms with Crippen molar-refractivity contribution in [2.45, 2.75) is 4.90 Å². The number of hydrogen-bond acceptors (Lipinski definition) is 4. The summed E-state index contributed by atoms with van der Waals surface area (Å²) in [7, 11) is -4.23. The summed E-state index contributed by atoms with van der Waals surface area (Å²) >= 11 is 3.21. The van der Waals surface area contributed by atoms with Crippen molar-refractivity contribution in [2.75, 3.05) is 17.9 Å². The molecular formula is C14H10BrF2NO4S. The van der Waals surface area contributed by atoms with Crippen LogP contribution in [0.3, 0.4) is 0 Å². The van der Waals surface area contributed by atoms with E-state index in [0.29, 0.717) is 35.3 Å². The summed E-state index contributed by atoms with van der Waals surface area (Å²) in [5.41, 5.74) is 0.151. The molecule has 5 nitrogen and oxygen atoms in total. The molecule has 0 spiro atoms. The van der Waals surface area contributed by atoms with Crippen molar-refractivity contribution in [3.05, 3.63) is 46.4 Å². The zero-order valence-electron chi connectivity index (χ0n) is 11.5. The van der Waals surface area contributed by atoms with E-state index in [-0.39, 0.29) is 5.69 Å². The summed E-state index contributed by atoms with van der Waals surface area (Å²) < 4.78 is 64.6. The maximum atomic E-state index is 13.7. The predicted octanol–water partition coefficient (Wildman–Crippen LogP) is 3.30. The summed E-state index contributed by atoms with van der Waals surface area (Å²) in [6.07, 6.45) is 0. The number of ether oxygens (including phenoxy) is 2. The maximum Gasteiger partial charge on any atom is 0.264 e. The lowest BCUT2D eigenvalue weighted by Crippen LogP contribution is -2.17. The fraction of sp³-hybridized carbons (Fsp3) is 0.143. The number of fused-ring (bicyclic) bond motifs is 1. The van der Waals surface area contributed by atoms with Gasteiger partial charge in [-0.2, -0.15) is 0 Å². The Hall–Kier alpha value is -1.87. The van der Waals surface area contributed by atoms with Crippen LogP contribution in [0.1, 0.15) is 0 Å². The number of sulfonamides is 1. The summed E-state index contributed by atoms with van der Waals surface area (Å²) in [6, 6.07) is 5.22. The van der Waals surface area contributed by atoms with Gasteiger partial charge in [0.05, 0.1) is 5.69 Å². The van der Waals surface area contributed by atoms with Crippen molar-refractivity contribution in [1.29, 1.82) is 0 Å². The highest BCUT2D eigenvalue weighted by Gasteiger charge is 2.22. The first kappa shape index (κ1) is 16.0. The van der Waals surface area contributed by atoms with E-state index in [1.54, 1.807) is 6.07 Å². The van der Waals surface area contributed by atoms with Gasteiger partial charge in [-0.05, 0) is 28.1 Å². The van der Waals surface area contributed by atoms with Gasteiger partial charge in [0.25, 0.3) is 10.0 Å². The summed E-state index contributed by atoms with van der Waals surface area (Å²) in [6.45, 7) is 0.735. The van der Waals surface area contributed by atoms with Crippen LogP contribution >= 0.6 is 15.9 Å². The zero-order valence-corrected chi connectivity index (χ0v) is 13.9. The van der Waals surface area contributed by atoms with Crippen LogP contribution in [0, 0.1) is 11.6 Å². The predicted molar refractivity (Wildman–Crippen MR) is 82.3 cm³/mol. The molecule has 3 rings (SSSR count). The van der Waals surface area contributed by atoms with Crippen molar-refractivity contribution in [3.8, 4) is 11.5 Å². The Morgan fingerprint density at radius 1 is 1.04 bits per heavy atom. The molecule has 1 heterocycles. The minimum atomic E-state index is -4.23. The molecule has 9 heteroatoms. The average molecular weight is 406 g/mol. The van der Waals surface area contributed by atoms with Crippen LogP contribution in [0.25, 0.3) is 0 Å². The lowest BCUT2D eigenvalue weighted by Gasteiger charge is -2.20. The highest BCUT2D eigenvalue weighted by atomic mass is 79.9. The second-order valence-corrected chi connectivity index (χ2v) is 7.16. The number of rotatable bonds is 3. The van der Waals surface area contributed by atoms with E-state index < -0.39 is 26.6 Å². The van der Waals surface area contributed by atoms with E-state index in [0.717, 1.165) is 12.1 Å². The van der Waals surface area contributed by atoms with Crippen LogP contribution in [0.5, 0.6) is 11.5 Å². The molecule has 0 radical (unpaired) electrons. The first-order valence-electron chi connectivity index (χ1n) is 6.44. The van der Waals surface area contributed by atoms with Gasteiger partial charge < -0.3 is 9.47 Å². The van der Waals surface area contributed by atoms with Crippen LogP contribution in [-0.2, 0) is 10.0 Å². The third kappa shape index (κ3) is 3.25. The standard InChI is InChI=1S/C14H10BrF2NO4S/c15-9-6-12-13(22-4-3-21-12)7-11(9)18-23(19,20)14-2-1-8(16)5-10(14)17/h1-2,5-7,18H,3-4H2. The maximum absolute atomic E-state index is 13.7. The van der Waals surface area contributed by atoms with Gasteiger partial charge in [-0.1, -0.05) is 0 Å². The van der Waals surface area contributed by atoms with Gasteiger partial charge >= 0.3 is 0 Å². The van der Waals surface area contributed by atoms with E-state index >= 15 is 0 Å². The molecule has 23 heavy (non-hydrogen) atoms. The fourth-order valence-electron chi connectivity index (χ4n) is 2.04. The van der Waals surface area contributed by atoms with Gasteiger partial charge in [0.1, 0.15) is 29.7 Å². The quantitative estimate of drug-likeness (QED) is 0.850. The molecule has 0 aromatic heterocycles. The minimum absolute atomic E-state index is 0.151. The highest BCUT2D eigenvalue weighted by Crippen LogP contribution is 2.39.